The van der Waals surface area contributed by atoms with Gasteiger partial charge in [-0.3, -0.25) is 0 Å². The van der Waals surface area contributed by atoms with Crippen LogP contribution in [0.4, 0.5) is 0 Å². The third kappa shape index (κ3) is 5.55. The van der Waals surface area contributed by atoms with Crippen LogP contribution in [0, 0.1) is 0 Å². The van der Waals surface area contributed by atoms with Gasteiger partial charge in [-0.25, -0.2) is 0 Å². The van der Waals surface area contributed by atoms with Crippen molar-refractivity contribution in [1.29, 1.82) is 0 Å². The van der Waals surface area contributed by atoms with E-state index in [2.05, 4.69) is 19.2 Å². The summed E-state index contributed by atoms with van der Waals surface area (Å²) in [6, 6.07) is 0. The molecule has 1 rings (SSSR count). The first kappa shape index (κ1) is 11.3. The monoisotopic (exact) mass is 203 g/mol. The van der Waals surface area contributed by atoms with Gasteiger partial charge in [-0.1, -0.05) is 13.8 Å². The van der Waals surface area contributed by atoms with Crippen LogP contribution in [-0.2, 0) is 4.74 Å². The van der Waals surface area contributed by atoms with Crippen molar-refractivity contribution in [3.8, 4) is 0 Å². The Morgan fingerprint density at radius 2 is 2.38 bits per heavy atom. The van der Waals surface area contributed by atoms with Crippen LogP contribution in [0.1, 0.15) is 26.7 Å². The van der Waals surface area contributed by atoms with Gasteiger partial charge >= 0.3 is 0 Å². The molecule has 0 aromatic carbocycles. The van der Waals surface area contributed by atoms with Crippen LogP contribution in [-0.4, -0.2) is 36.8 Å². The van der Waals surface area contributed by atoms with Gasteiger partial charge in [-0.05, 0) is 18.1 Å². The zero-order valence-electron chi connectivity index (χ0n) is 8.71. The molecule has 0 bridgehead atoms. The fraction of sp³-hybridized carbons (Fsp3) is 1.00. The molecule has 13 heavy (non-hydrogen) atoms. The molecule has 1 saturated heterocycles. The minimum atomic E-state index is 0.490. The molecule has 0 saturated carbocycles. The normalized spacial score (nSPS) is 22.8. The lowest BCUT2D eigenvalue weighted by atomic mass is 10.2. The standard InChI is InChI=1S/C10H21NOS/c1-9(2)13-7-5-11-8-10-4-3-6-12-10/h9-11H,3-8H2,1-2H3. The molecule has 1 unspecified atom stereocenters. The number of rotatable bonds is 6. The highest BCUT2D eigenvalue weighted by atomic mass is 32.2. The van der Waals surface area contributed by atoms with Gasteiger partial charge in [0.15, 0.2) is 0 Å². The summed E-state index contributed by atoms with van der Waals surface area (Å²) >= 11 is 2.01. The van der Waals surface area contributed by atoms with Crippen molar-refractivity contribution in [2.24, 2.45) is 0 Å². The summed E-state index contributed by atoms with van der Waals surface area (Å²) < 4.78 is 5.51. The Morgan fingerprint density at radius 3 is 3.00 bits per heavy atom. The molecule has 1 heterocycles. The largest absolute Gasteiger partial charge is 0.377 e. The van der Waals surface area contributed by atoms with Gasteiger partial charge in [-0.15, -0.1) is 0 Å². The molecule has 2 nitrogen and oxygen atoms in total. The van der Waals surface area contributed by atoms with E-state index in [1.54, 1.807) is 0 Å². The first-order valence-electron chi connectivity index (χ1n) is 5.23. The van der Waals surface area contributed by atoms with Crippen LogP contribution < -0.4 is 5.32 Å². The highest BCUT2D eigenvalue weighted by molar-refractivity contribution is 7.99. The highest BCUT2D eigenvalue weighted by Crippen LogP contribution is 2.11. The van der Waals surface area contributed by atoms with E-state index in [-0.39, 0.29) is 0 Å². The maximum atomic E-state index is 5.51. The summed E-state index contributed by atoms with van der Waals surface area (Å²) in [5, 5.41) is 4.19. The second-order valence-electron chi connectivity index (χ2n) is 3.76. The molecule has 0 spiro atoms. The molecule has 3 heteroatoms. The van der Waals surface area contributed by atoms with Gasteiger partial charge in [0.25, 0.3) is 0 Å². The van der Waals surface area contributed by atoms with Crippen LogP contribution in [0.3, 0.4) is 0 Å². The highest BCUT2D eigenvalue weighted by Gasteiger charge is 2.13. The summed E-state index contributed by atoms with van der Waals surface area (Å²) in [5.74, 6) is 1.21. The van der Waals surface area contributed by atoms with Gasteiger partial charge in [0, 0.05) is 25.4 Å². The van der Waals surface area contributed by atoms with Crippen molar-refractivity contribution < 1.29 is 4.74 Å². The summed E-state index contributed by atoms with van der Waals surface area (Å²) in [5.41, 5.74) is 0. The average molecular weight is 203 g/mol. The first-order chi connectivity index (χ1) is 6.29. The smallest absolute Gasteiger partial charge is 0.0700 e. The van der Waals surface area contributed by atoms with E-state index in [1.165, 1.54) is 18.6 Å². The quantitative estimate of drug-likeness (QED) is 0.666. The Bertz CT molecular complexity index is 124. The Labute approximate surface area is 85.8 Å². The maximum Gasteiger partial charge on any atom is 0.0700 e. The SMILES string of the molecule is CC(C)SCCNCC1CCCO1. The average Bonchev–Trinajstić information content (AvgIpc) is 2.55. The molecule has 1 aliphatic rings. The topological polar surface area (TPSA) is 21.3 Å². The zero-order chi connectivity index (χ0) is 9.52. The van der Waals surface area contributed by atoms with Crippen LogP contribution in [0.5, 0.6) is 0 Å². The van der Waals surface area contributed by atoms with E-state index in [0.717, 1.165) is 24.9 Å². The van der Waals surface area contributed by atoms with Gasteiger partial charge < -0.3 is 10.1 Å². The van der Waals surface area contributed by atoms with Gasteiger partial charge in [0.2, 0.25) is 0 Å². The summed E-state index contributed by atoms with van der Waals surface area (Å²) in [6.45, 7) is 7.60. The van der Waals surface area contributed by atoms with Crippen molar-refractivity contribution in [3.05, 3.63) is 0 Å². The van der Waals surface area contributed by atoms with Crippen LogP contribution in [0.25, 0.3) is 0 Å². The summed E-state index contributed by atoms with van der Waals surface area (Å²) in [6.07, 6.45) is 2.97. The van der Waals surface area contributed by atoms with E-state index in [0.29, 0.717) is 6.10 Å². The molecule has 1 atom stereocenters. The minimum Gasteiger partial charge on any atom is -0.377 e. The summed E-state index contributed by atoms with van der Waals surface area (Å²) in [7, 11) is 0. The second kappa shape index (κ2) is 6.68. The second-order valence-corrected chi connectivity index (χ2v) is 5.44. The number of hydrogen-bond acceptors (Lipinski definition) is 3. The molecular weight excluding hydrogens is 182 g/mol. The third-order valence-corrected chi connectivity index (χ3v) is 3.23. The minimum absolute atomic E-state index is 0.490. The van der Waals surface area contributed by atoms with E-state index in [9.17, 15) is 0 Å². The maximum absolute atomic E-state index is 5.51. The lowest BCUT2D eigenvalue weighted by Crippen LogP contribution is -2.28. The van der Waals surface area contributed by atoms with Gasteiger partial charge in [0.05, 0.1) is 6.10 Å². The van der Waals surface area contributed by atoms with Crippen LogP contribution in [0.15, 0.2) is 0 Å². The molecule has 1 aliphatic heterocycles. The lowest BCUT2D eigenvalue weighted by Gasteiger charge is -2.10. The number of nitrogens with one attached hydrogen (secondary N) is 1. The molecular formula is C10H21NOS. The van der Waals surface area contributed by atoms with Crippen molar-refractivity contribution in [2.45, 2.75) is 38.0 Å². The van der Waals surface area contributed by atoms with Crippen molar-refractivity contribution in [2.75, 3.05) is 25.4 Å². The predicted octanol–water partition coefficient (Wildman–Crippen LogP) is 1.90. The molecule has 0 radical (unpaired) electrons. The van der Waals surface area contributed by atoms with Gasteiger partial charge in [0.1, 0.15) is 0 Å². The number of ether oxygens (including phenoxy) is 1. The van der Waals surface area contributed by atoms with E-state index >= 15 is 0 Å². The molecule has 0 amide bonds. The molecule has 0 aromatic rings. The third-order valence-electron chi connectivity index (χ3n) is 2.13. The number of hydrogen-bond donors (Lipinski definition) is 1. The Hall–Kier alpha value is 0.270. The van der Waals surface area contributed by atoms with Crippen molar-refractivity contribution in [1.82, 2.24) is 5.32 Å². The molecule has 0 aliphatic carbocycles. The molecule has 1 N–H and O–H groups in total. The molecule has 1 fully saturated rings. The van der Waals surface area contributed by atoms with Crippen LogP contribution >= 0.6 is 11.8 Å². The van der Waals surface area contributed by atoms with E-state index < -0.39 is 0 Å². The Morgan fingerprint density at radius 1 is 1.54 bits per heavy atom. The van der Waals surface area contributed by atoms with E-state index in [4.69, 9.17) is 4.74 Å². The summed E-state index contributed by atoms with van der Waals surface area (Å²) in [4.78, 5) is 0. The van der Waals surface area contributed by atoms with E-state index in [1.807, 2.05) is 11.8 Å². The fourth-order valence-electron chi connectivity index (χ4n) is 1.44. The first-order valence-corrected chi connectivity index (χ1v) is 6.28. The Kier molecular flexibility index (Phi) is 5.83. The molecule has 0 aromatic heterocycles. The fourth-order valence-corrected chi connectivity index (χ4v) is 2.17. The zero-order valence-corrected chi connectivity index (χ0v) is 9.53. The van der Waals surface area contributed by atoms with Crippen LogP contribution in [0.2, 0.25) is 0 Å². The van der Waals surface area contributed by atoms with Gasteiger partial charge in [-0.2, -0.15) is 11.8 Å². The predicted molar refractivity (Wildman–Crippen MR) is 59.4 cm³/mol. The lowest BCUT2D eigenvalue weighted by molar-refractivity contribution is 0.110. The molecule has 78 valence electrons. The van der Waals surface area contributed by atoms with Crippen molar-refractivity contribution >= 4 is 11.8 Å². The van der Waals surface area contributed by atoms with Crippen molar-refractivity contribution in [3.63, 3.8) is 0 Å². The number of thioether (sulfide) groups is 1. The Balaban J connectivity index is 1.83.